The fourth-order valence-corrected chi connectivity index (χ4v) is 9.21. The lowest BCUT2D eigenvalue weighted by Crippen LogP contribution is -2.30. The first-order valence-electron chi connectivity index (χ1n) is 34.3. The molecule has 0 spiro atoms. The van der Waals surface area contributed by atoms with Crippen LogP contribution in [0.1, 0.15) is 303 Å². The average Bonchev–Trinajstić information content (AvgIpc) is 3.49. The molecule has 0 amide bonds. The first-order chi connectivity index (χ1) is 41.0. The van der Waals surface area contributed by atoms with Crippen molar-refractivity contribution in [3.63, 3.8) is 0 Å². The van der Waals surface area contributed by atoms with Gasteiger partial charge >= 0.3 is 17.9 Å². The van der Waals surface area contributed by atoms with Crippen molar-refractivity contribution in [3.05, 3.63) is 146 Å². The Hall–Kier alpha value is -4.71. The quantitative estimate of drug-likeness (QED) is 0.0261. The first kappa shape index (κ1) is 78.3. The van der Waals surface area contributed by atoms with Gasteiger partial charge in [-0.2, -0.15) is 0 Å². The second-order valence-electron chi connectivity index (χ2n) is 22.4. The molecule has 470 valence electrons. The van der Waals surface area contributed by atoms with E-state index in [1.165, 1.54) is 116 Å². The molecule has 0 bridgehead atoms. The SMILES string of the molecule is CC/C=C\C/C=C\C/C=C\C/C=C\C/C=C\C/C=C\C/C=C\C/C=C\C/C=C\CCCCCC(=O)OCC(COC(=O)CCCCCCC)OC(=O)CCCCCCCCCCCCCCCC/C=C\C/C=C\C/C=C\CCCCCCC. The fourth-order valence-electron chi connectivity index (χ4n) is 9.21. The Balaban J connectivity index is 4.12. The van der Waals surface area contributed by atoms with E-state index in [4.69, 9.17) is 14.2 Å². The summed E-state index contributed by atoms with van der Waals surface area (Å²) in [6.07, 6.45) is 101. The lowest BCUT2D eigenvalue weighted by Gasteiger charge is -2.18. The lowest BCUT2D eigenvalue weighted by atomic mass is 10.0. The Labute approximate surface area is 512 Å². The summed E-state index contributed by atoms with van der Waals surface area (Å²) in [5.74, 6) is -0.940. The van der Waals surface area contributed by atoms with Crippen LogP contribution in [0, 0.1) is 0 Å². The van der Waals surface area contributed by atoms with Gasteiger partial charge in [0.15, 0.2) is 6.10 Å². The molecule has 0 N–H and O–H groups in total. The van der Waals surface area contributed by atoms with Crippen LogP contribution in [-0.4, -0.2) is 37.2 Å². The summed E-state index contributed by atoms with van der Waals surface area (Å²) < 4.78 is 16.8. The number of esters is 3. The zero-order valence-electron chi connectivity index (χ0n) is 53.9. The molecule has 0 aliphatic rings. The zero-order valence-corrected chi connectivity index (χ0v) is 53.9. The number of carbonyl (C=O) groups excluding carboxylic acids is 3. The topological polar surface area (TPSA) is 78.9 Å². The van der Waals surface area contributed by atoms with Crippen LogP contribution < -0.4 is 0 Å². The van der Waals surface area contributed by atoms with E-state index >= 15 is 0 Å². The van der Waals surface area contributed by atoms with Crippen molar-refractivity contribution in [2.45, 2.75) is 309 Å². The number of ether oxygens (including phenoxy) is 3. The fraction of sp³-hybridized carbons (Fsp3) is 0.649. The van der Waals surface area contributed by atoms with Gasteiger partial charge in [-0.05, 0) is 128 Å². The van der Waals surface area contributed by atoms with Crippen molar-refractivity contribution in [2.75, 3.05) is 13.2 Å². The molecule has 0 radical (unpaired) electrons. The van der Waals surface area contributed by atoms with Crippen molar-refractivity contribution < 1.29 is 28.6 Å². The van der Waals surface area contributed by atoms with E-state index < -0.39 is 6.10 Å². The molecule has 6 heteroatoms. The Kier molecular flexibility index (Phi) is 65.8. The molecule has 0 saturated heterocycles. The summed E-state index contributed by atoms with van der Waals surface area (Å²) >= 11 is 0. The normalized spacial score (nSPS) is 13.0. The first-order valence-corrected chi connectivity index (χ1v) is 34.3. The maximum absolute atomic E-state index is 12.9. The molecule has 1 atom stereocenters. The van der Waals surface area contributed by atoms with Crippen LogP contribution in [0.25, 0.3) is 0 Å². The number of allylic oxidation sites excluding steroid dienone is 24. The predicted molar refractivity (Wildman–Crippen MR) is 362 cm³/mol. The van der Waals surface area contributed by atoms with E-state index in [-0.39, 0.29) is 31.1 Å². The molecule has 83 heavy (non-hydrogen) atoms. The highest BCUT2D eigenvalue weighted by Gasteiger charge is 2.19. The van der Waals surface area contributed by atoms with Crippen LogP contribution in [-0.2, 0) is 28.6 Å². The molecule has 0 aliphatic heterocycles. The van der Waals surface area contributed by atoms with Crippen LogP contribution >= 0.6 is 0 Å². The van der Waals surface area contributed by atoms with E-state index in [1.807, 2.05) is 0 Å². The third kappa shape index (κ3) is 68.0. The van der Waals surface area contributed by atoms with Gasteiger partial charge in [-0.25, -0.2) is 0 Å². The van der Waals surface area contributed by atoms with E-state index in [9.17, 15) is 14.4 Å². The molecule has 0 aliphatic carbocycles. The van der Waals surface area contributed by atoms with Gasteiger partial charge < -0.3 is 14.2 Å². The highest BCUT2D eigenvalue weighted by Crippen LogP contribution is 2.16. The molecule has 0 rings (SSSR count). The average molecular weight is 1150 g/mol. The Morgan fingerprint density at radius 2 is 0.470 bits per heavy atom. The highest BCUT2D eigenvalue weighted by molar-refractivity contribution is 5.71. The minimum absolute atomic E-state index is 0.0928. The number of rotatable bonds is 61. The summed E-state index contributed by atoms with van der Waals surface area (Å²) in [5, 5.41) is 0. The summed E-state index contributed by atoms with van der Waals surface area (Å²) in [4.78, 5) is 38.0. The molecule has 0 aromatic carbocycles. The number of carbonyl (C=O) groups is 3. The van der Waals surface area contributed by atoms with Crippen LogP contribution in [0.15, 0.2) is 146 Å². The van der Waals surface area contributed by atoms with Gasteiger partial charge in [0, 0.05) is 19.3 Å². The molecule has 0 heterocycles. The second-order valence-corrected chi connectivity index (χ2v) is 22.4. The minimum atomic E-state index is -0.795. The van der Waals surface area contributed by atoms with Gasteiger partial charge in [-0.3, -0.25) is 14.4 Å². The van der Waals surface area contributed by atoms with Gasteiger partial charge in [-0.1, -0.05) is 301 Å². The molecule has 0 saturated carbocycles. The standard InChI is InChI=1S/C77H126O6/c1-4-7-10-13-15-17-19-21-23-25-27-29-31-33-35-37-38-40-41-43-45-47-49-51-53-55-57-59-61-64-67-70-76(79)82-73-74(72-81-75(78)69-66-63-12-9-6-3)83-77(80)71-68-65-62-60-58-56-54-52-50-48-46-44-42-39-36-34-32-30-28-26-24-22-20-18-16-14-11-8-5-2/h7,10,15,17,20-23,26-29,32-35,38,40,43,45,49,51,55,57,74H,4-6,8-9,11-14,16,18-19,24-25,30-31,36-37,39,41-42,44,46-48,50,52-54,56,58-73H2,1-3H3/b10-7-,17-15-,22-20-,23-21-,28-26-,29-27-,34-32-,35-33-,40-38-,45-43-,51-49-,57-55-. The smallest absolute Gasteiger partial charge is 0.306 e. The summed E-state index contributed by atoms with van der Waals surface area (Å²) in [5.41, 5.74) is 0. The van der Waals surface area contributed by atoms with Gasteiger partial charge in [0.1, 0.15) is 13.2 Å². The molecule has 6 nitrogen and oxygen atoms in total. The number of unbranched alkanes of at least 4 members (excludes halogenated alkanes) is 26. The minimum Gasteiger partial charge on any atom is -0.462 e. The van der Waals surface area contributed by atoms with Crippen molar-refractivity contribution in [2.24, 2.45) is 0 Å². The van der Waals surface area contributed by atoms with Crippen molar-refractivity contribution >= 4 is 17.9 Å². The van der Waals surface area contributed by atoms with Crippen molar-refractivity contribution in [1.82, 2.24) is 0 Å². The van der Waals surface area contributed by atoms with Crippen LogP contribution in [0.5, 0.6) is 0 Å². The Morgan fingerprint density at radius 1 is 0.253 bits per heavy atom. The molecule has 0 aromatic rings. The molecule has 0 aromatic heterocycles. The zero-order chi connectivity index (χ0) is 59.9. The van der Waals surface area contributed by atoms with Crippen molar-refractivity contribution in [3.8, 4) is 0 Å². The van der Waals surface area contributed by atoms with E-state index in [0.29, 0.717) is 19.3 Å². The molecular formula is C77H126O6. The van der Waals surface area contributed by atoms with Gasteiger partial charge in [0.05, 0.1) is 0 Å². The summed E-state index contributed by atoms with van der Waals surface area (Å²) in [6.45, 7) is 6.41. The third-order valence-corrected chi connectivity index (χ3v) is 14.3. The Bertz CT molecular complexity index is 1800. The maximum Gasteiger partial charge on any atom is 0.306 e. The monoisotopic (exact) mass is 1150 g/mol. The number of hydrogen-bond acceptors (Lipinski definition) is 6. The van der Waals surface area contributed by atoms with Crippen molar-refractivity contribution in [1.29, 1.82) is 0 Å². The van der Waals surface area contributed by atoms with E-state index in [1.54, 1.807) is 0 Å². The maximum atomic E-state index is 12.9. The lowest BCUT2D eigenvalue weighted by molar-refractivity contribution is -0.167. The second kappa shape index (κ2) is 69.8. The molecule has 0 fully saturated rings. The number of hydrogen-bond donors (Lipinski definition) is 0. The summed E-state index contributed by atoms with van der Waals surface area (Å²) in [6, 6.07) is 0. The van der Waals surface area contributed by atoms with Gasteiger partial charge in [0.25, 0.3) is 0 Å². The third-order valence-electron chi connectivity index (χ3n) is 14.3. The van der Waals surface area contributed by atoms with Gasteiger partial charge in [0.2, 0.25) is 0 Å². The largest absolute Gasteiger partial charge is 0.462 e. The molecule has 1 unspecified atom stereocenters. The molecular weight excluding hydrogens is 1020 g/mol. The van der Waals surface area contributed by atoms with E-state index in [2.05, 4.69) is 167 Å². The van der Waals surface area contributed by atoms with E-state index in [0.717, 1.165) is 148 Å². The predicted octanol–water partition coefficient (Wildman–Crippen LogP) is 23.9. The highest BCUT2D eigenvalue weighted by atomic mass is 16.6. The van der Waals surface area contributed by atoms with Crippen LogP contribution in [0.4, 0.5) is 0 Å². The van der Waals surface area contributed by atoms with Crippen LogP contribution in [0.3, 0.4) is 0 Å². The van der Waals surface area contributed by atoms with Crippen LogP contribution in [0.2, 0.25) is 0 Å². The summed E-state index contributed by atoms with van der Waals surface area (Å²) in [7, 11) is 0. The van der Waals surface area contributed by atoms with Gasteiger partial charge in [-0.15, -0.1) is 0 Å². The Morgan fingerprint density at radius 3 is 0.747 bits per heavy atom.